The van der Waals surface area contributed by atoms with Crippen LogP contribution in [0, 0.1) is 11.3 Å². The fraction of sp³-hybridized carbons (Fsp3) is 0.393. The molecule has 29 heavy (non-hydrogen) atoms. The Balaban J connectivity index is 2.49. The highest BCUT2D eigenvalue weighted by Gasteiger charge is 2.30. The van der Waals surface area contributed by atoms with E-state index in [1.807, 2.05) is 0 Å². The van der Waals surface area contributed by atoms with Crippen LogP contribution in [0.4, 0.5) is 0 Å². The van der Waals surface area contributed by atoms with Crippen molar-refractivity contribution in [1.82, 2.24) is 0 Å². The normalized spacial score (nSPS) is 18.2. The molecule has 1 atom stereocenters. The van der Waals surface area contributed by atoms with Crippen LogP contribution in [-0.2, 0) is 0 Å². The van der Waals surface area contributed by atoms with Gasteiger partial charge in [0.2, 0.25) is 0 Å². The molecule has 0 radical (unpaired) electrons. The van der Waals surface area contributed by atoms with Crippen molar-refractivity contribution in [1.29, 1.82) is 0 Å². The summed E-state index contributed by atoms with van der Waals surface area (Å²) in [6, 6.07) is 10.7. The van der Waals surface area contributed by atoms with Crippen molar-refractivity contribution in [2.24, 2.45) is 11.3 Å². The van der Waals surface area contributed by atoms with Gasteiger partial charge in [-0.25, -0.2) is 4.58 Å². The van der Waals surface area contributed by atoms with Gasteiger partial charge >= 0.3 is 0 Å². The Kier molecular flexibility index (Phi) is 7.79. The van der Waals surface area contributed by atoms with E-state index >= 15 is 0 Å². The zero-order valence-corrected chi connectivity index (χ0v) is 19.3. The number of hydrogen-bond acceptors (Lipinski definition) is 0. The van der Waals surface area contributed by atoms with Gasteiger partial charge in [-0.2, -0.15) is 0 Å². The molecule has 1 nitrogen and oxygen atoms in total. The molecule has 0 aliphatic heterocycles. The van der Waals surface area contributed by atoms with Crippen molar-refractivity contribution in [2.45, 2.75) is 54.4 Å². The molecule has 2 rings (SSSR count). The summed E-state index contributed by atoms with van der Waals surface area (Å²) in [6.07, 6.45) is 11.1. The van der Waals surface area contributed by atoms with E-state index < -0.39 is 0 Å². The molecule has 0 N–H and O–H groups in total. The summed E-state index contributed by atoms with van der Waals surface area (Å²) < 4.78 is 2.37. The second-order valence-corrected chi connectivity index (χ2v) is 9.06. The first-order chi connectivity index (χ1) is 13.7. The lowest BCUT2D eigenvalue weighted by molar-refractivity contribution is -0.471. The van der Waals surface area contributed by atoms with Gasteiger partial charge in [0, 0.05) is 13.0 Å². The highest BCUT2D eigenvalue weighted by Crippen LogP contribution is 2.37. The Hall–Kier alpha value is -2.41. The molecule has 0 fully saturated rings. The second kappa shape index (κ2) is 9.87. The number of rotatable bonds is 7. The molecule has 0 amide bonds. The molecule has 0 saturated carbocycles. The summed E-state index contributed by atoms with van der Waals surface area (Å²) >= 11 is 0. The lowest BCUT2D eigenvalue weighted by Crippen LogP contribution is -2.24. The average Bonchev–Trinajstić information content (AvgIpc) is 2.70. The first kappa shape index (κ1) is 22.9. The fourth-order valence-electron chi connectivity index (χ4n) is 3.46. The number of benzene rings is 1. The molecule has 154 valence electrons. The third-order valence-corrected chi connectivity index (χ3v) is 5.85. The van der Waals surface area contributed by atoms with Crippen molar-refractivity contribution < 1.29 is 4.58 Å². The molecule has 1 aromatic carbocycles. The van der Waals surface area contributed by atoms with Gasteiger partial charge in [0.15, 0.2) is 12.2 Å². The van der Waals surface area contributed by atoms with E-state index in [0.717, 1.165) is 25.0 Å². The van der Waals surface area contributed by atoms with E-state index in [2.05, 4.69) is 114 Å². The lowest BCUT2D eigenvalue weighted by atomic mass is 9.80. The van der Waals surface area contributed by atoms with Gasteiger partial charge in [-0.05, 0) is 47.5 Å². The van der Waals surface area contributed by atoms with Crippen LogP contribution in [0.3, 0.4) is 0 Å². The van der Waals surface area contributed by atoms with Crippen LogP contribution < -0.4 is 0 Å². The summed E-state index contributed by atoms with van der Waals surface area (Å²) in [6.45, 7) is 22.7. The molecule has 0 heterocycles. The number of allylic oxidation sites excluding steroid dienone is 6. The van der Waals surface area contributed by atoms with Crippen LogP contribution in [0.2, 0.25) is 0 Å². The Labute approximate surface area is 178 Å². The molecular formula is C28H38N+. The predicted octanol–water partition coefficient (Wildman–Crippen LogP) is 7.59. The van der Waals surface area contributed by atoms with E-state index in [1.54, 1.807) is 0 Å². The number of nitrogens with zero attached hydrogens (tertiary/aromatic N) is 1. The Bertz CT molecular complexity index is 867. The van der Waals surface area contributed by atoms with Gasteiger partial charge in [0.05, 0.1) is 5.92 Å². The maximum atomic E-state index is 4.41. The van der Waals surface area contributed by atoms with E-state index in [4.69, 9.17) is 0 Å². The predicted molar refractivity (Wildman–Crippen MR) is 129 cm³/mol. The van der Waals surface area contributed by atoms with Gasteiger partial charge in [0.1, 0.15) is 6.21 Å². The van der Waals surface area contributed by atoms with Gasteiger partial charge in [-0.15, -0.1) is 0 Å². The molecule has 0 bridgehead atoms. The summed E-state index contributed by atoms with van der Waals surface area (Å²) in [5.74, 6) is 0.329. The summed E-state index contributed by atoms with van der Waals surface area (Å²) in [5.41, 5.74) is 7.84. The van der Waals surface area contributed by atoms with E-state index in [9.17, 15) is 0 Å². The Morgan fingerprint density at radius 1 is 1.14 bits per heavy atom. The minimum atomic E-state index is 0.0385. The van der Waals surface area contributed by atoms with Crippen molar-refractivity contribution in [2.75, 3.05) is 6.54 Å². The zero-order valence-electron chi connectivity index (χ0n) is 19.3. The first-order valence-corrected chi connectivity index (χ1v) is 10.7. The maximum absolute atomic E-state index is 4.41. The first-order valence-electron chi connectivity index (χ1n) is 10.7. The van der Waals surface area contributed by atoms with Crippen LogP contribution in [0.15, 0.2) is 84.1 Å². The molecule has 0 spiro atoms. The van der Waals surface area contributed by atoms with Crippen molar-refractivity contribution in [3.63, 3.8) is 0 Å². The quantitative estimate of drug-likeness (QED) is 0.196. The van der Waals surface area contributed by atoms with Crippen molar-refractivity contribution in [3.8, 4) is 0 Å². The van der Waals surface area contributed by atoms with Crippen LogP contribution in [-0.4, -0.2) is 17.3 Å². The standard InChI is InChI=1S/C28H38N/c1-9-21(3)20-29(10-2)27(18-23(5)28(6,7)8)26-19-25(17-16-22(26)4)24-14-12-11-13-15-24/h10-18,26H,3,5,9,19-20H2,1-2,4,6-8H3/q+1/b27-18-,29-10?. The molecule has 1 unspecified atom stereocenters. The van der Waals surface area contributed by atoms with Crippen LogP contribution in [0.1, 0.15) is 59.9 Å². The summed E-state index contributed by atoms with van der Waals surface area (Å²) in [4.78, 5) is 0. The third kappa shape index (κ3) is 6.03. The second-order valence-electron chi connectivity index (χ2n) is 9.06. The van der Waals surface area contributed by atoms with Gasteiger partial charge in [-0.1, -0.05) is 88.9 Å². The highest BCUT2D eigenvalue weighted by atomic mass is 15.0. The molecule has 0 saturated heterocycles. The summed E-state index contributed by atoms with van der Waals surface area (Å²) in [7, 11) is 0. The van der Waals surface area contributed by atoms with Gasteiger partial charge in [0.25, 0.3) is 0 Å². The maximum Gasteiger partial charge on any atom is 0.189 e. The zero-order chi connectivity index (χ0) is 21.6. The van der Waals surface area contributed by atoms with Gasteiger partial charge in [-0.3, -0.25) is 0 Å². The average molecular weight is 389 g/mol. The topological polar surface area (TPSA) is 3.01 Å². The SMILES string of the molecule is C=C(CC)C[N+](=CC)/C(=C\C(=C)C(C)(C)C)C1CC(c2ccccc2)=CC=C1C. The molecule has 1 aliphatic carbocycles. The van der Waals surface area contributed by atoms with Crippen molar-refractivity contribution >= 4 is 11.8 Å². The van der Waals surface area contributed by atoms with Crippen LogP contribution >= 0.6 is 0 Å². The van der Waals surface area contributed by atoms with Crippen LogP contribution in [0.5, 0.6) is 0 Å². The summed E-state index contributed by atoms with van der Waals surface area (Å²) in [5, 5.41) is 0. The smallest absolute Gasteiger partial charge is 0.189 e. The van der Waals surface area contributed by atoms with E-state index in [-0.39, 0.29) is 5.41 Å². The fourth-order valence-corrected chi connectivity index (χ4v) is 3.46. The minimum Gasteiger partial charge on any atom is -0.202 e. The molecule has 1 aromatic rings. The Morgan fingerprint density at radius 2 is 1.79 bits per heavy atom. The van der Waals surface area contributed by atoms with E-state index in [1.165, 1.54) is 28.0 Å². The highest BCUT2D eigenvalue weighted by molar-refractivity contribution is 5.69. The minimum absolute atomic E-state index is 0.0385. The number of hydrogen-bond donors (Lipinski definition) is 0. The largest absolute Gasteiger partial charge is 0.202 e. The third-order valence-electron chi connectivity index (χ3n) is 5.85. The van der Waals surface area contributed by atoms with E-state index in [0.29, 0.717) is 5.92 Å². The van der Waals surface area contributed by atoms with Gasteiger partial charge < -0.3 is 0 Å². The molecular weight excluding hydrogens is 350 g/mol. The molecule has 0 aromatic heterocycles. The van der Waals surface area contributed by atoms with Crippen LogP contribution in [0.25, 0.3) is 5.57 Å². The molecule has 1 heteroatoms. The Morgan fingerprint density at radius 3 is 2.34 bits per heavy atom. The monoisotopic (exact) mass is 388 g/mol. The molecule has 1 aliphatic rings. The van der Waals surface area contributed by atoms with Crippen molar-refractivity contribution in [3.05, 3.63) is 89.7 Å². The lowest BCUT2D eigenvalue weighted by Gasteiger charge is -2.26.